The van der Waals surface area contributed by atoms with E-state index in [-0.39, 0.29) is 17.2 Å². The molecule has 1 aliphatic rings. The maximum Gasteiger partial charge on any atom is 0.276 e. The van der Waals surface area contributed by atoms with Crippen molar-refractivity contribution >= 4 is 39.2 Å². The molecule has 5 nitrogen and oxygen atoms in total. The number of amides is 1. The maximum absolute atomic E-state index is 13.2. The molecule has 0 unspecified atom stereocenters. The second-order valence-electron chi connectivity index (χ2n) is 8.04. The molecule has 0 spiro atoms. The SMILES string of the molecule is Cc1cccc(-n2c(SCC(=O)N3C[C@H](C)C[C@@H](C)C3)nc3ccsc3c2=O)c1. The highest BCUT2D eigenvalue weighted by atomic mass is 32.2. The number of nitrogens with zero attached hydrogens (tertiary/aromatic N) is 3. The Morgan fingerprint density at radius 1 is 1.24 bits per heavy atom. The number of piperidine rings is 1. The van der Waals surface area contributed by atoms with Gasteiger partial charge in [-0.3, -0.25) is 14.2 Å². The highest BCUT2D eigenvalue weighted by Gasteiger charge is 2.26. The quantitative estimate of drug-likeness (QED) is 0.459. The summed E-state index contributed by atoms with van der Waals surface area (Å²) in [4.78, 5) is 32.7. The fourth-order valence-corrected chi connectivity index (χ4v) is 5.74. The molecule has 2 atom stereocenters. The van der Waals surface area contributed by atoms with Crippen LogP contribution in [-0.4, -0.2) is 39.2 Å². The van der Waals surface area contributed by atoms with Crippen molar-refractivity contribution < 1.29 is 4.79 Å². The number of aryl methyl sites for hydroxylation is 1. The average molecular weight is 428 g/mol. The zero-order valence-electron chi connectivity index (χ0n) is 16.9. The molecule has 3 heterocycles. The topological polar surface area (TPSA) is 55.2 Å². The third-order valence-corrected chi connectivity index (χ3v) is 7.07. The maximum atomic E-state index is 13.2. The Balaban J connectivity index is 1.65. The summed E-state index contributed by atoms with van der Waals surface area (Å²) in [5.74, 6) is 1.45. The summed E-state index contributed by atoms with van der Waals surface area (Å²) in [6.07, 6.45) is 1.17. The van der Waals surface area contributed by atoms with Crippen molar-refractivity contribution in [2.45, 2.75) is 32.3 Å². The summed E-state index contributed by atoms with van der Waals surface area (Å²) >= 11 is 2.75. The summed E-state index contributed by atoms with van der Waals surface area (Å²) in [6.45, 7) is 8.02. The molecule has 1 fully saturated rings. The number of thioether (sulfide) groups is 1. The van der Waals surface area contributed by atoms with Gasteiger partial charge in [0.1, 0.15) is 4.70 Å². The van der Waals surface area contributed by atoms with Gasteiger partial charge < -0.3 is 4.90 Å². The highest BCUT2D eigenvalue weighted by molar-refractivity contribution is 7.99. The molecular weight excluding hydrogens is 402 g/mol. The van der Waals surface area contributed by atoms with Gasteiger partial charge in [-0.05, 0) is 54.3 Å². The minimum absolute atomic E-state index is 0.0780. The summed E-state index contributed by atoms with van der Waals surface area (Å²) < 4.78 is 2.28. The van der Waals surface area contributed by atoms with Crippen LogP contribution in [0.25, 0.3) is 15.9 Å². The summed E-state index contributed by atoms with van der Waals surface area (Å²) in [5, 5.41) is 2.45. The average Bonchev–Trinajstić information content (AvgIpc) is 3.14. The van der Waals surface area contributed by atoms with E-state index in [1.54, 1.807) is 4.57 Å². The van der Waals surface area contributed by atoms with Crippen LogP contribution in [-0.2, 0) is 4.79 Å². The van der Waals surface area contributed by atoms with Crippen molar-refractivity contribution in [3.05, 3.63) is 51.6 Å². The largest absolute Gasteiger partial charge is 0.341 e. The molecule has 0 bridgehead atoms. The molecule has 152 valence electrons. The van der Waals surface area contributed by atoms with Crippen LogP contribution >= 0.6 is 23.1 Å². The van der Waals surface area contributed by atoms with Gasteiger partial charge in [0.05, 0.1) is 17.0 Å². The number of thiophene rings is 1. The Morgan fingerprint density at radius 3 is 2.72 bits per heavy atom. The van der Waals surface area contributed by atoms with E-state index >= 15 is 0 Å². The minimum Gasteiger partial charge on any atom is -0.341 e. The molecule has 0 aliphatic carbocycles. The molecule has 0 radical (unpaired) electrons. The molecule has 29 heavy (non-hydrogen) atoms. The van der Waals surface area contributed by atoms with E-state index in [1.165, 1.54) is 29.5 Å². The zero-order valence-corrected chi connectivity index (χ0v) is 18.6. The van der Waals surface area contributed by atoms with E-state index in [0.29, 0.717) is 27.2 Å². The number of hydrogen-bond acceptors (Lipinski definition) is 5. The van der Waals surface area contributed by atoms with Gasteiger partial charge in [-0.1, -0.05) is 37.7 Å². The zero-order chi connectivity index (χ0) is 20.5. The van der Waals surface area contributed by atoms with Crippen molar-refractivity contribution in [1.82, 2.24) is 14.5 Å². The van der Waals surface area contributed by atoms with Gasteiger partial charge in [0.15, 0.2) is 5.16 Å². The molecule has 4 rings (SSSR count). The van der Waals surface area contributed by atoms with Gasteiger partial charge in [0.25, 0.3) is 5.56 Å². The fourth-order valence-electron chi connectivity index (χ4n) is 4.07. The predicted molar refractivity (Wildman–Crippen MR) is 120 cm³/mol. The van der Waals surface area contributed by atoms with Gasteiger partial charge in [-0.2, -0.15) is 0 Å². The van der Waals surface area contributed by atoms with Crippen molar-refractivity contribution in [3.8, 4) is 5.69 Å². The van der Waals surface area contributed by atoms with Gasteiger partial charge in [0.2, 0.25) is 5.91 Å². The molecule has 0 N–H and O–H groups in total. The Kier molecular flexibility index (Phi) is 5.79. The van der Waals surface area contributed by atoms with E-state index < -0.39 is 0 Å². The molecule has 2 aromatic heterocycles. The number of likely N-dealkylation sites (tertiary alicyclic amines) is 1. The normalized spacial score (nSPS) is 19.6. The van der Waals surface area contributed by atoms with Gasteiger partial charge in [-0.25, -0.2) is 4.98 Å². The lowest BCUT2D eigenvalue weighted by atomic mass is 9.92. The van der Waals surface area contributed by atoms with Crippen molar-refractivity contribution in [1.29, 1.82) is 0 Å². The van der Waals surface area contributed by atoms with Crippen LogP contribution in [0.2, 0.25) is 0 Å². The number of hydrogen-bond donors (Lipinski definition) is 0. The lowest BCUT2D eigenvalue weighted by molar-refractivity contribution is -0.130. The first kappa shape index (κ1) is 20.2. The lowest BCUT2D eigenvalue weighted by Gasteiger charge is -2.35. The molecule has 1 saturated heterocycles. The number of fused-ring (bicyclic) bond motifs is 1. The Bertz CT molecular complexity index is 1090. The van der Waals surface area contributed by atoms with Crippen molar-refractivity contribution in [2.24, 2.45) is 11.8 Å². The molecular formula is C22H25N3O2S2. The Labute approximate surface area is 178 Å². The number of rotatable bonds is 4. The molecule has 1 aromatic carbocycles. The van der Waals surface area contributed by atoms with Gasteiger partial charge >= 0.3 is 0 Å². The van der Waals surface area contributed by atoms with Gasteiger partial charge in [-0.15, -0.1) is 11.3 Å². The summed E-state index contributed by atoms with van der Waals surface area (Å²) in [6, 6.07) is 9.69. The van der Waals surface area contributed by atoms with Crippen LogP contribution in [0.1, 0.15) is 25.8 Å². The van der Waals surface area contributed by atoms with E-state index in [2.05, 4.69) is 13.8 Å². The third-order valence-electron chi connectivity index (χ3n) is 5.26. The molecule has 7 heteroatoms. The third kappa shape index (κ3) is 4.26. The standard InChI is InChI=1S/C22H25N3O2S2/c1-14-5-4-6-17(10-14)25-21(27)20-18(7-8-28-20)23-22(25)29-13-19(26)24-11-15(2)9-16(3)12-24/h4-8,10,15-16H,9,11-13H2,1-3H3/t15-,16-/m1/s1. The number of benzene rings is 1. The van der Waals surface area contributed by atoms with E-state index in [0.717, 1.165) is 24.3 Å². The molecule has 1 aliphatic heterocycles. The highest BCUT2D eigenvalue weighted by Crippen LogP contribution is 2.26. The monoisotopic (exact) mass is 427 g/mol. The van der Waals surface area contributed by atoms with Crippen molar-refractivity contribution in [2.75, 3.05) is 18.8 Å². The molecule has 3 aromatic rings. The Morgan fingerprint density at radius 2 is 2.00 bits per heavy atom. The van der Waals surface area contributed by atoms with Crippen LogP contribution < -0.4 is 5.56 Å². The lowest BCUT2D eigenvalue weighted by Crippen LogP contribution is -2.43. The number of carbonyl (C=O) groups is 1. The van der Waals surface area contributed by atoms with Gasteiger partial charge in [0, 0.05) is 13.1 Å². The van der Waals surface area contributed by atoms with E-state index in [1.807, 2.05) is 47.5 Å². The number of aromatic nitrogens is 2. The summed E-state index contributed by atoms with van der Waals surface area (Å²) in [5.41, 5.74) is 2.47. The van der Waals surface area contributed by atoms with Crippen LogP contribution in [0.3, 0.4) is 0 Å². The van der Waals surface area contributed by atoms with E-state index in [4.69, 9.17) is 4.98 Å². The molecule has 1 amide bonds. The van der Waals surface area contributed by atoms with Crippen LogP contribution in [0.5, 0.6) is 0 Å². The second-order valence-corrected chi connectivity index (χ2v) is 9.90. The molecule has 0 saturated carbocycles. The van der Waals surface area contributed by atoms with Crippen molar-refractivity contribution in [3.63, 3.8) is 0 Å². The van der Waals surface area contributed by atoms with Crippen LogP contribution in [0.15, 0.2) is 45.7 Å². The number of carbonyl (C=O) groups excluding carboxylic acids is 1. The minimum atomic E-state index is -0.0780. The Hall–Kier alpha value is -2.12. The smallest absolute Gasteiger partial charge is 0.276 e. The summed E-state index contributed by atoms with van der Waals surface area (Å²) in [7, 11) is 0. The fraction of sp³-hybridized carbons (Fsp3) is 0.409. The first-order chi connectivity index (χ1) is 13.9. The predicted octanol–water partition coefficient (Wildman–Crippen LogP) is 4.35. The van der Waals surface area contributed by atoms with Crippen LogP contribution in [0.4, 0.5) is 0 Å². The first-order valence-electron chi connectivity index (χ1n) is 9.90. The van der Waals surface area contributed by atoms with Crippen LogP contribution in [0, 0.1) is 18.8 Å². The first-order valence-corrected chi connectivity index (χ1v) is 11.8. The second kappa shape index (κ2) is 8.32. The van der Waals surface area contributed by atoms with E-state index in [9.17, 15) is 9.59 Å².